The first-order valence-electron chi connectivity index (χ1n) is 7.84. The number of hydrogen-bond donors (Lipinski definition) is 2. The average molecular weight is 292 g/mol. The second-order valence-electron chi connectivity index (χ2n) is 6.09. The topological polar surface area (TPSA) is 70.2 Å². The number of methoxy groups -OCH3 is 1. The lowest BCUT2D eigenvalue weighted by Crippen LogP contribution is -2.49. The first-order valence-corrected chi connectivity index (χ1v) is 7.84. The lowest BCUT2D eigenvalue weighted by atomic mass is 9.98. The molecule has 2 amide bonds. The quantitative estimate of drug-likeness (QED) is 0.873. The maximum atomic E-state index is 12.6. The number of aromatic nitrogens is 2. The van der Waals surface area contributed by atoms with Crippen LogP contribution in [0.2, 0.25) is 0 Å². The molecule has 1 saturated carbocycles. The zero-order valence-electron chi connectivity index (χ0n) is 12.5. The number of ether oxygens (including phenoxy) is 1. The molecular formula is C15H24N4O2. The molecule has 0 aromatic carbocycles. The standard InChI is InChI=1S/C15H24N4O2/c1-21-10-13(11-5-6-11)18-15(20)19-7-3-2-4-14(19)12-8-16-17-9-12/h8-9,11,13-14H,2-7,10H2,1H3,(H,16,17)(H,18,20)/t13-,14-/m1/s1. The molecule has 21 heavy (non-hydrogen) atoms. The summed E-state index contributed by atoms with van der Waals surface area (Å²) in [5.41, 5.74) is 1.10. The Labute approximate surface area is 125 Å². The number of hydrogen-bond acceptors (Lipinski definition) is 3. The highest BCUT2D eigenvalue weighted by Crippen LogP contribution is 2.34. The Morgan fingerprint density at radius 2 is 2.38 bits per heavy atom. The summed E-state index contributed by atoms with van der Waals surface area (Å²) in [4.78, 5) is 14.6. The van der Waals surface area contributed by atoms with E-state index in [2.05, 4.69) is 15.5 Å². The molecule has 6 heteroatoms. The van der Waals surface area contributed by atoms with Gasteiger partial charge in [-0.25, -0.2) is 4.79 Å². The average Bonchev–Trinajstić information content (AvgIpc) is 3.21. The first-order chi connectivity index (χ1) is 10.3. The second kappa shape index (κ2) is 6.47. The summed E-state index contributed by atoms with van der Waals surface area (Å²) >= 11 is 0. The van der Waals surface area contributed by atoms with Gasteiger partial charge in [0.05, 0.1) is 24.9 Å². The van der Waals surface area contributed by atoms with Crippen molar-refractivity contribution in [1.82, 2.24) is 20.4 Å². The Hall–Kier alpha value is -1.56. The molecule has 2 aliphatic rings. The fourth-order valence-electron chi connectivity index (χ4n) is 3.18. The molecule has 0 spiro atoms. The van der Waals surface area contributed by atoms with Gasteiger partial charge in [-0.3, -0.25) is 5.10 Å². The largest absolute Gasteiger partial charge is 0.383 e. The van der Waals surface area contributed by atoms with Gasteiger partial charge in [-0.15, -0.1) is 0 Å². The summed E-state index contributed by atoms with van der Waals surface area (Å²) in [7, 11) is 1.69. The van der Waals surface area contributed by atoms with Crippen LogP contribution in [-0.2, 0) is 4.74 Å². The fourth-order valence-corrected chi connectivity index (χ4v) is 3.18. The number of rotatable bonds is 5. The van der Waals surface area contributed by atoms with Gasteiger partial charge in [0.1, 0.15) is 0 Å². The van der Waals surface area contributed by atoms with Crippen LogP contribution >= 0.6 is 0 Å². The highest BCUT2D eigenvalue weighted by molar-refractivity contribution is 5.75. The molecule has 1 aromatic rings. The third-order valence-corrected chi connectivity index (χ3v) is 4.51. The highest BCUT2D eigenvalue weighted by Gasteiger charge is 2.35. The van der Waals surface area contributed by atoms with Crippen LogP contribution in [0, 0.1) is 5.92 Å². The number of nitrogens with one attached hydrogen (secondary N) is 2. The maximum Gasteiger partial charge on any atom is 0.318 e. The predicted molar refractivity (Wildman–Crippen MR) is 78.8 cm³/mol. The predicted octanol–water partition coefficient (Wildman–Crippen LogP) is 2.07. The van der Waals surface area contributed by atoms with E-state index in [-0.39, 0.29) is 18.1 Å². The van der Waals surface area contributed by atoms with Gasteiger partial charge < -0.3 is 15.0 Å². The number of carbonyl (C=O) groups excluding carboxylic acids is 1. The molecule has 2 atom stereocenters. The molecule has 1 saturated heterocycles. The Morgan fingerprint density at radius 3 is 3.05 bits per heavy atom. The number of H-pyrrole nitrogens is 1. The van der Waals surface area contributed by atoms with Gasteiger partial charge >= 0.3 is 6.03 Å². The van der Waals surface area contributed by atoms with E-state index in [4.69, 9.17) is 4.74 Å². The minimum Gasteiger partial charge on any atom is -0.383 e. The van der Waals surface area contributed by atoms with Crippen molar-refractivity contribution in [2.75, 3.05) is 20.3 Å². The summed E-state index contributed by atoms with van der Waals surface area (Å²) in [5.74, 6) is 0.589. The summed E-state index contributed by atoms with van der Waals surface area (Å²) in [5, 5.41) is 10.0. The SMILES string of the molecule is COC[C@@H](NC(=O)N1CCCC[C@@H]1c1cn[nH]c1)C1CC1. The van der Waals surface area contributed by atoms with Crippen molar-refractivity contribution in [3.8, 4) is 0 Å². The van der Waals surface area contributed by atoms with Gasteiger partial charge in [0, 0.05) is 25.4 Å². The molecular weight excluding hydrogens is 268 g/mol. The zero-order valence-corrected chi connectivity index (χ0v) is 12.5. The Kier molecular flexibility index (Phi) is 4.43. The first kappa shape index (κ1) is 14.4. The molecule has 0 bridgehead atoms. The van der Waals surface area contributed by atoms with Crippen molar-refractivity contribution in [1.29, 1.82) is 0 Å². The highest BCUT2D eigenvalue weighted by atomic mass is 16.5. The fraction of sp³-hybridized carbons (Fsp3) is 0.733. The zero-order chi connectivity index (χ0) is 14.7. The molecule has 1 aromatic heterocycles. The number of nitrogens with zero attached hydrogens (tertiary/aromatic N) is 2. The van der Waals surface area contributed by atoms with Crippen LogP contribution in [0.15, 0.2) is 12.4 Å². The van der Waals surface area contributed by atoms with Crippen molar-refractivity contribution in [3.63, 3.8) is 0 Å². The van der Waals surface area contributed by atoms with Gasteiger partial charge in [0.2, 0.25) is 0 Å². The van der Waals surface area contributed by atoms with E-state index in [1.807, 2.05) is 17.3 Å². The molecule has 0 radical (unpaired) electrons. The Bertz CT molecular complexity index is 458. The minimum atomic E-state index is 0.0369. The lowest BCUT2D eigenvalue weighted by Gasteiger charge is -2.36. The molecule has 116 valence electrons. The molecule has 1 aliphatic carbocycles. The molecule has 0 unspecified atom stereocenters. The summed E-state index contributed by atoms with van der Waals surface area (Å²) in [6.07, 6.45) is 9.34. The minimum absolute atomic E-state index is 0.0369. The summed E-state index contributed by atoms with van der Waals surface area (Å²) < 4.78 is 5.24. The maximum absolute atomic E-state index is 12.6. The van der Waals surface area contributed by atoms with Gasteiger partial charge in [-0.05, 0) is 38.0 Å². The third-order valence-electron chi connectivity index (χ3n) is 4.51. The lowest BCUT2D eigenvalue weighted by molar-refractivity contribution is 0.128. The number of urea groups is 1. The van der Waals surface area contributed by atoms with Crippen LogP contribution in [0.3, 0.4) is 0 Å². The van der Waals surface area contributed by atoms with Gasteiger partial charge in [-0.2, -0.15) is 5.10 Å². The van der Waals surface area contributed by atoms with Crippen molar-refractivity contribution in [2.24, 2.45) is 5.92 Å². The van der Waals surface area contributed by atoms with E-state index in [0.29, 0.717) is 12.5 Å². The van der Waals surface area contributed by atoms with Crippen LogP contribution in [0.5, 0.6) is 0 Å². The van der Waals surface area contributed by atoms with Gasteiger partial charge in [0.25, 0.3) is 0 Å². The number of likely N-dealkylation sites (tertiary alicyclic amines) is 1. The van der Waals surface area contributed by atoms with Crippen molar-refractivity contribution in [3.05, 3.63) is 18.0 Å². The van der Waals surface area contributed by atoms with Crippen LogP contribution < -0.4 is 5.32 Å². The van der Waals surface area contributed by atoms with Crippen molar-refractivity contribution < 1.29 is 9.53 Å². The number of carbonyl (C=O) groups is 1. The van der Waals surface area contributed by atoms with E-state index < -0.39 is 0 Å². The molecule has 6 nitrogen and oxygen atoms in total. The molecule has 2 fully saturated rings. The van der Waals surface area contributed by atoms with E-state index in [1.54, 1.807) is 7.11 Å². The number of piperidine rings is 1. The van der Waals surface area contributed by atoms with E-state index >= 15 is 0 Å². The molecule has 1 aliphatic heterocycles. The monoisotopic (exact) mass is 292 g/mol. The van der Waals surface area contributed by atoms with Crippen LogP contribution in [-0.4, -0.2) is 47.4 Å². The van der Waals surface area contributed by atoms with Gasteiger partial charge in [0.15, 0.2) is 0 Å². The van der Waals surface area contributed by atoms with E-state index in [0.717, 1.165) is 31.4 Å². The normalized spacial score (nSPS) is 23.9. The van der Waals surface area contributed by atoms with Gasteiger partial charge in [-0.1, -0.05) is 0 Å². The molecule has 2 heterocycles. The van der Waals surface area contributed by atoms with Crippen molar-refractivity contribution in [2.45, 2.75) is 44.2 Å². The molecule has 3 rings (SSSR count). The number of aromatic amines is 1. The second-order valence-corrected chi connectivity index (χ2v) is 6.09. The van der Waals surface area contributed by atoms with Crippen LogP contribution in [0.25, 0.3) is 0 Å². The molecule has 2 N–H and O–H groups in total. The van der Waals surface area contributed by atoms with Crippen LogP contribution in [0.1, 0.15) is 43.7 Å². The smallest absolute Gasteiger partial charge is 0.318 e. The number of amides is 2. The van der Waals surface area contributed by atoms with Crippen molar-refractivity contribution >= 4 is 6.03 Å². The summed E-state index contributed by atoms with van der Waals surface area (Å²) in [6, 6.07) is 0.323. The Morgan fingerprint density at radius 1 is 1.52 bits per heavy atom. The third kappa shape index (κ3) is 3.37. The summed E-state index contributed by atoms with van der Waals surface area (Å²) in [6.45, 7) is 1.41. The van der Waals surface area contributed by atoms with E-state index in [9.17, 15) is 4.79 Å². The van der Waals surface area contributed by atoms with E-state index in [1.165, 1.54) is 12.8 Å². The Balaban J connectivity index is 1.66. The van der Waals surface area contributed by atoms with Crippen LogP contribution in [0.4, 0.5) is 4.79 Å².